The number of aromatic nitrogens is 5. The van der Waals surface area contributed by atoms with E-state index in [0.717, 1.165) is 17.7 Å². The average Bonchev–Trinajstić information content (AvgIpc) is 3.10. The molecule has 7 nitrogen and oxygen atoms in total. The highest BCUT2D eigenvalue weighted by atomic mass is 16.5. The van der Waals surface area contributed by atoms with Gasteiger partial charge in [0.2, 0.25) is 0 Å². The lowest BCUT2D eigenvalue weighted by molar-refractivity contribution is 0.318. The van der Waals surface area contributed by atoms with Crippen LogP contribution in [-0.2, 0) is 6.54 Å². The van der Waals surface area contributed by atoms with Crippen molar-refractivity contribution in [1.29, 1.82) is 0 Å². The largest absolute Gasteiger partial charge is 0.493 e. The Labute approximate surface area is 155 Å². The fourth-order valence-corrected chi connectivity index (χ4v) is 2.84. The fourth-order valence-electron chi connectivity index (χ4n) is 2.84. The number of pyridine rings is 1. The first-order valence-corrected chi connectivity index (χ1v) is 8.84. The Morgan fingerprint density at radius 1 is 1.15 bits per heavy atom. The number of rotatable bonds is 6. The SMILES string of the molecule is CCCOc1ccccc1-c1nc2cn(Cc3ccccn3)nc2c(=O)[nH]1. The number of nitrogens with one attached hydrogen (secondary N) is 1. The minimum Gasteiger partial charge on any atom is -0.493 e. The van der Waals surface area contributed by atoms with Crippen LogP contribution in [0, 0.1) is 0 Å². The first-order valence-electron chi connectivity index (χ1n) is 8.84. The van der Waals surface area contributed by atoms with Gasteiger partial charge >= 0.3 is 0 Å². The fraction of sp³-hybridized carbons (Fsp3) is 0.200. The van der Waals surface area contributed by atoms with Crippen molar-refractivity contribution in [2.75, 3.05) is 6.61 Å². The molecule has 0 saturated carbocycles. The van der Waals surface area contributed by atoms with Crippen LogP contribution in [0.5, 0.6) is 5.75 Å². The van der Waals surface area contributed by atoms with Gasteiger partial charge in [-0.3, -0.25) is 14.5 Å². The smallest absolute Gasteiger partial charge is 0.279 e. The molecule has 0 spiro atoms. The first kappa shape index (κ1) is 17.0. The number of fused-ring (bicyclic) bond motifs is 1. The lowest BCUT2D eigenvalue weighted by atomic mass is 10.2. The number of para-hydroxylation sites is 1. The molecule has 0 unspecified atom stereocenters. The van der Waals surface area contributed by atoms with Gasteiger partial charge in [0, 0.05) is 6.20 Å². The number of benzene rings is 1. The van der Waals surface area contributed by atoms with Crippen molar-refractivity contribution < 1.29 is 4.74 Å². The van der Waals surface area contributed by atoms with E-state index in [4.69, 9.17) is 4.74 Å². The third-order valence-electron chi connectivity index (χ3n) is 4.08. The Balaban J connectivity index is 1.73. The summed E-state index contributed by atoms with van der Waals surface area (Å²) in [4.78, 5) is 24.2. The summed E-state index contributed by atoms with van der Waals surface area (Å²) in [5, 5.41) is 4.35. The van der Waals surface area contributed by atoms with E-state index >= 15 is 0 Å². The maximum atomic E-state index is 12.5. The highest BCUT2D eigenvalue weighted by Crippen LogP contribution is 2.27. The van der Waals surface area contributed by atoms with Crippen molar-refractivity contribution >= 4 is 11.0 Å². The van der Waals surface area contributed by atoms with E-state index in [1.54, 1.807) is 17.1 Å². The second-order valence-corrected chi connectivity index (χ2v) is 6.14. The third-order valence-corrected chi connectivity index (χ3v) is 4.08. The molecule has 0 aliphatic rings. The summed E-state index contributed by atoms with van der Waals surface area (Å²) in [5.74, 6) is 1.17. The molecule has 27 heavy (non-hydrogen) atoms. The van der Waals surface area contributed by atoms with Crippen LogP contribution in [-0.4, -0.2) is 31.3 Å². The summed E-state index contributed by atoms with van der Waals surface area (Å²) in [6.45, 7) is 3.12. The van der Waals surface area contributed by atoms with Crippen LogP contribution in [0.3, 0.4) is 0 Å². The van der Waals surface area contributed by atoms with Crippen LogP contribution in [0.2, 0.25) is 0 Å². The maximum Gasteiger partial charge on any atom is 0.279 e. The molecule has 0 bridgehead atoms. The van der Waals surface area contributed by atoms with E-state index < -0.39 is 0 Å². The molecule has 0 fully saturated rings. The predicted molar refractivity (Wildman–Crippen MR) is 103 cm³/mol. The average molecular weight is 361 g/mol. The maximum absolute atomic E-state index is 12.5. The van der Waals surface area contributed by atoms with Crippen molar-refractivity contribution in [1.82, 2.24) is 24.7 Å². The highest BCUT2D eigenvalue weighted by molar-refractivity contribution is 5.76. The van der Waals surface area contributed by atoms with E-state index in [-0.39, 0.29) is 5.56 Å². The molecule has 3 heterocycles. The van der Waals surface area contributed by atoms with Crippen LogP contribution >= 0.6 is 0 Å². The Bertz CT molecular complexity index is 1120. The van der Waals surface area contributed by atoms with E-state index in [1.807, 2.05) is 49.4 Å². The summed E-state index contributed by atoms with van der Waals surface area (Å²) in [7, 11) is 0. The molecular weight excluding hydrogens is 342 g/mol. The zero-order chi connectivity index (χ0) is 18.6. The van der Waals surface area contributed by atoms with Crippen molar-refractivity contribution in [2.45, 2.75) is 19.9 Å². The van der Waals surface area contributed by atoms with E-state index in [2.05, 4.69) is 20.1 Å². The molecule has 0 atom stereocenters. The Kier molecular flexibility index (Phi) is 4.65. The molecule has 0 saturated heterocycles. The topological polar surface area (TPSA) is 85.7 Å². The van der Waals surface area contributed by atoms with Gasteiger partial charge in [-0.25, -0.2) is 4.98 Å². The van der Waals surface area contributed by atoms with Gasteiger partial charge in [-0.2, -0.15) is 5.10 Å². The lowest BCUT2D eigenvalue weighted by Crippen LogP contribution is -2.10. The quantitative estimate of drug-likeness (QED) is 0.570. The van der Waals surface area contributed by atoms with Gasteiger partial charge in [0.25, 0.3) is 5.56 Å². The summed E-state index contributed by atoms with van der Waals surface area (Å²) >= 11 is 0. The number of H-pyrrole nitrogens is 1. The van der Waals surface area contributed by atoms with Crippen molar-refractivity contribution in [3.63, 3.8) is 0 Å². The second kappa shape index (κ2) is 7.41. The molecule has 0 amide bonds. The lowest BCUT2D eigenvalue weighted by Gasteiger charge is -2.09. The van der Waals surface area contributed by atoms with Crippen LogP contribution in [0.1, 0.15) is 19.0 Å². The van der Waals surface area contributed by atoms with Gasteiger partial charge < -0.3 is 9.72 Å². The Hall–Kier alpha value is -3.48. The molecule has 3 aromatic heterocycles. The predicted octanol–water partition coefficient (Wildman–Crippen LogP) is 3.02. The zero-order valence-corrected chi connectivity index (χ0v) is 14.9. The number of hydrogen-bond donors (Lipinski definition) is 1. The van der Waals surface area contributed by atoms with Gasteiger partial charge in [-0.15, -0.1) is 0 Å². The highest BCUT2D eigenvalue weighted by Gasteiger charge is 2.13. The van der Waals surface area contributed by atoms with Crippen molar-refractivity contribution in [3.8, 4) is 17.1 Å². The molecule has 0 radical (unpaired) electrons. The van der Waals surface area contributed by atoms with E-state index in [0.29, 0.717) is 35.8 Å². The minimum absolute atomic E-state index is 0.278. The molecule has 7 heteroatoms. The minimum atomic E-state index is -0.278. The van der Waals surface area contributed by atoms with E-state index in [1.165, 1.54) is 0 Å². The second-order valence-electron chi connectivity index (χ2n) is 6.14. The van der Waals surface area contributed by atoms with Crippen LogP contribution in [0.15, 0.2) is 59.7 Å². The number of aromatic amines is 1. The number of hydrogen-bond acceptors (Lipinski definition) is 5. The monoisotopic (exact) mass is 361 g/mol. The third kappa shape index (κ3) is 3.57. The van der Waals surface area contributed by atoms with Gasteiger partial charge in [0.15, 0.2) is 5.52 Å². The van der Waals surface area contributed by atoms with Gasteiger partial charge in [-0.05, 0) is 30.7 Å². The van der Waals surface area contributed by atoms with Gasteiger partial charge in [-0.1, -0.05) is 25.1 Å². The Morgan fingerprint density at radius 2 is 2.00 bits per heavy atom. The Morgan fingerprint density at radius 3 is 2.81 bits per heavy atom. The van der Waals surface area contributed by atoms with Crippen LogP contribution < -0.4 is 10.3 Å². The molecule has 1 aromatic carbocycles. The molecule has 0 aliphatic heterocycles. The summed E-state index contributed by atoms with van der Waals surface area (Å²) < 4.78 is 7.46. The molecule has 136 valence electrons. The number of ether oxygens (including phenoxy) is 1. The summed E-state index contributed by atoms with van der Waals surface area (Å²) in [6, 6.07) is 13.2. The normalized spacial score (nSPS) is 11.0. The van der Waals surface area contributed by atoms with Crippen molar-refractivity contribution in [2.24, 2.45) is 0 Å². The summed E-state index contributed by atoms with van der Waals surface area (Å²) in [6.07, 6.45) is 4.39. The molecule has 1 N–H and O–H groups in total. The van der Waals surface area contributed by atoms with Crippen molar-refractivity contribution in [3.05, 3.63) is 70.9 Å². The molecule has 4 rings (SSSR count). The molecular formula is C20H19N5O2. The standard InChI is InChI=1S/C20H19N5O2/c1-2-11-27-17-9-4-3-8-15(17)19-22-16-13-25(24-18(16)20(26)23-19)12-14-7-5-6-10-21-14/h3-10,13H,2,11-12H2,1H3,(H,22,23,26). The van der Waals surface area contributed by atoms with E-state index in [9.17, 15) is 4.79 Å². The van der Waals surface area contributed by atoms with Gasteiger partial charge in [0.05, 0.1) is 30.6 Å². The first-order chi connectivity index (χ1) is 13.2. The molecule has 4 aromatic rings. The zero-order valence-electron chi connectivity index (χ0n) is 14.9. The number of nitrogens with zero attached hydrogens (tertiary/aromatic N) is 4. The van der Waals surface area contributed by atoms with Crippen LogP contribution in [0.4, 0.5) is 0 Å². The molecule has 0 aliphatic carbocycles. The van der Waals surface area contributed by atoms with Gasteiger partial charge in [0.1, 0.15) is 17.1 Å². The van der Waals surface area contributed by atoms with Crippen LogP contribution in [0.25, 0.3) is 22.4 Å². The summed E-state index contributed by atoms with van der Waals surface area (Å²) in [5.41, 5.74) is 2.18.